The van der Waals surface area contributed by atoms with Gasteiger partial charge in [-0.1, -0.05) is 11.6 Å². The number of piperidine rings is 1. The van der Waals surface area contributed by atoms with Crippen molar-refractivity contribution < 1.29 is 4.79 Å². The Morgan fingerprint density at radius 2 is 2.26 bits per heavy atom. The Labute approximate surface area is 118 Å². The first-order chi connectivity index (χ1) is 8.97. The first-order valence-electron chi connectivity index (χ1n) is 6.53. The number of hydrogen-bond donors (Lipinski definition) is 2. The molecule has 4 nitrogen and oxygen atoms in total. The molecule has 0 bridgehead atoms. The van der Waals surface area contributed by atoms with Gasteiger partial charge in [-0.05, 0) is 45.0 Å². The molecule has 0 saturated carbocycles. The molecule has 104 valence electrons. The minimum atomic E-state index is -0.495. The molecule has 2 atom stereocenters. The minimum absolute atomic E-state index is 0.368. The van der Waals surface area contributed by atoms with Gasteiger partial charge in [-0.25, -0.2) is 0 Å². The van der Waals surface area contributed by atoms with Crippen molar-refractivity contribution in [3.8, 4) is 0 Å². The lowest BCUT2D eigenvalue weighted by molar-refractivity contribution is 0.100. The van der Waals surface area contributed by atoms with Crippen molar-refractivity contribution in [1.82, 2.24) is 4.90 Å². The Morgan fingerprint density at radius 1 is 1.53 bits per heavy atom. The van der Waals surface area contributed by atoms with E-state index >= 15 is 0 Å². The van der Waals surface area contributed by atoms with Crippen molar-refractivity contribution in [3.05, 3.63) is 28.8 Å². The van der Waals surface area contributed by atoms with Gasteiger partial charge < -0.3 is 16.0 Å². The summed E-state index contributed by atoms with van der Waals surface area (Å²) in [5.74, 6) is -0.495. The molecule has 0 spiro atoms. The number of benzene rings is 1. The fraction of sp³-hybridized carbons (Fsp3) is 0.500. The predicted molar refractivity (Wildman–Crippen MR) is 78.7 cm³/mol. The third-order valence-electron chi connectivity index (χ3n) is 3.81. The molecule has 19 heavy (non-hydrogen) atoms. The molecule has 3 N–H and O–H groups in total. The monoisotopic (exact) mass is 281 g/mol. The molecule has 5 heteroatoms. The summed E-state index contributed by atoms with van der Waals surface area (Å²) in [6.45, 7) is 3.31. The quantitative estimate of drug-likeness (QED) is 0.894. The van der Waals surface area contributed by atoms with Crippen LogP contribution in [0, 0.1) is 0 Å². The van der Waals surface area contributed by atoms with Gasteiger partial charge in [0, 0.05) is 24.3 Å². The molecule has 0 radical (unpaired) electrons. The Balaban J connectivity index is 2.07. The van der Waals surface area contributed by atoms with E-state index in [-0.39, 0.29) is 0 Å². The summed E-state index contributed by atoms with van der Waals surface area (Å²) in [4.78, 5) is 13.6. The van der Waals surface area contributed by atoms with E-state index in [2.05, 4.69) is 24.2 Å². The maximum Gasteiger partial charge on any atom is 0.250 e. The van der Waals surface area contributed by atoms with Crippen molar-refractivity contribution >= 4 is 23.2 Å². The molecule has 1 aliphatic heterocycles. The molecule has 2 rings (SSSR count). The summed E-state index contributed by atoms with van der Waals surface area (Å²) in [5, 5.41) is 3.86. The standard InChI is InChI=1S/C14H20ClN3O/c1-9-7-11(5-6-18(9)2)17-10-3-4-13(15)12(8-10)14(16)19/h3-4,8-9,11,17H,5-7H2,1-2H3,(H2,16,19). The Hall–Kier alpha value is -1.26. The smallest absolute Gasteiger partial charge is 0.250 e. The average molecular weight is 282 g/mol. The number of anilines is 1. The molecular formula is C14H20ClN3O. The topological polar surface area (TPSA) is 58.4 Å². The fourth-order valence-electron chi connectivity index (χ4n) is 2.46. The van der Waals surface area contributed by atoms with Crippen LogP contribution < -0.4 is 11.1 Å². The van der Waals surface area contributed by atoms with Gasteiger partial charge in [0.15, 0.2) is 0 Å². The van der Waals surface area contributed by atoms with E-state index in [0.29, 0.717) is 22.7 Å². The Morgan fingerprint density at radius 3 is 2.89 bits per heavy atom. The highest BCUT2D eigenvalue weighted by molar-refractivity contribution is 6.33. The van der Waals surface area contributed by atoms with Gasteiger partial charge >= 0.3 is 0 Å². The molecule has 0 aromatic heterocycles. The van der Waals surface area contributed by atoms with Crippen molar-refractivity contribution in [2.45, 2.75) is 31.8 Å². The number of halogens is 1. The lowest BCUT2D eigenvalue weighted by atomic mass is 9.98. The minimum Gasteiger partial charge on any atom is -0.382 e. The number of nitrogens with two attached hydrogens (primary N) is 1. The SMILES string of the molecule is CC1CC(Nc2ccc(Cl)c(C(N)=O)c2)CCN1C. The predicted octanol–water partition coefficient (Wildman–Crippen LogP) is 2.33. The third-order valence-corrected chi connectivity index (χ3v) is 4.14. The van der Waals surface area contributed by atoms with E-state index in [9.17, 15) is 4.79 Å². The van der Waals surface area contributed by atoms with Gasteiger partial charge in [-0.2, -0.15) is 0 Å². The van der Waals surface area contributed by atoms with Crippen molar-refractivity contribution in [2.24, 2.45) is 5.73 Å². The number of nitrogens with one attached hydrogen (secondary N) is 1. The van der Waals surface area contributed by atoms with Gasteiger partial charge in [0.1, 0.15) is 0 Å². The zero-order valence-electron chi connectivity index (χ0n) is 11.3. The molecular weight excluding hydrogens is 262 g/mol. The second kappa shape index (κ2) is 5.80. The number of primary amides is 1. The van der Waals surface area contributed by atoms with Crippen LogP contribution in [0.1, 0.15) is 30.1 Å². The lowest BCUT2D eigenvalue weighted by Gasteiger charge is -2.35. The zero-order valence-corrected chi connectivity index (χ0v) is 12.1. The van der Waals surface area contributed by atoms with Gasteiger partial charge in [0.25, 0.3) is 0 Å². The number of nitrogens with zero attached hydrogens (tertiary/aromatic N) is 1. The molecule has 0 aliphatic carbocycles. The second-order valence-corrected chi connectivity index (χ2v) is 5.66. The number of likely N-dealkylation sites (tertiary alicyclic amines) is 1. The fourth-order valence-corrected chi connectivity index (χ4v) is 2.67. The van der Waals surface area contributed by atoms with Gasteiger partial charge in [-0.15, -0.1) is 0 Å². The molecule has 1 saturated heterocycles. The maximum absolute atomic E-state index is 11.3. The maximum atomic E-state index is 11.3. The number of rotatable bonds is 3. The van der Waals surface area contributed by atoms with Crippen LogP contribution in [0.5, 0.6) is 0 Å². The highest BCUT2D eigenvalue weighted by Crippen LogP contribution is 2.23. The highest BCUT2D eigenvalue weighted by atomic mass is 35.5. The average Bonchev–Trinajstić information content (AvgIpc) is 2.36. The highest BCUT2D eigenvalue weighted by Gasteiger charge is 2.22. The molecule has 2 unspecified atom stereocenters. The normalized spacial score (nSPS) is 24.2. The Kier molecular flexibility index (Phi) is 4.32. The summed E-state index contributed by atoms with van der Waals surface area (Å²) in [7, 11) is 2.15. The molecule has 1 heterocycles. The molecule has 1 aromatic rings. The zero-order chi connectivity index (χ0) is 14.0. The summed E-state index contributed by atoms with van der Waals surface area (Å²) in [6, 6.07) is 6.32. The van der Waals surface area contributed by atoms with Crippen molar-refractivity contribution in [2.75, 3.05) is 18.9 Å². The summed E-state index contributed by atoms with van der Waals surface area (Å²) in [6.07, 6.45) is 2.18. The third kappa shape index (κ3) is 3.39. The number of amides is 1. The number of carbonyl (C=O) groups excluding carboxylic acids is 1. The number of carbonyl (C=O) groups is 1. The summed E-state index contributed by atoms with van der Waals surface area (Å²) < 4.78 is 0. The van der Waals surface area contributed by atoms with E-state index in [1.807, 2.05) is 6.07 Å². The lowest BCUT2D eigenvalue weighted by Crippen LogP contribution is -2.42. The first kappa shape index (κ1) is 14.2. The summed E-state index contributed by atoms with van der Waals surface area (Å²) >= 11 is 5.94. The van der Waals surface area contributed by atoms with Gasteiger partial charge in [-0.3, -0.25) is 4.79 Å². The van der Waals surface area contributed by atoms with E-state index in [1.54, 1.807) is 12.1 Å². The molecule has 1 amide bonds. The van der Waals surface area contributed by atoms with E-state index in [4.69, 9.17) is 17.3 Å². The number of hydrogen-bond acceptors (Lipinski definition) is 3. The molecule has 1 fully saturated rings. The van der Waals surface area contributed by atoms with Crippen LogP contribution in [0.3, 0.4) is 0 Å². The van der Waals surface area contributed by atoms with Crippen LogP contribution in [-0.2, 0) is 0 Å². The first-order valence-corrected chi connectivity index (χ1v) is 6.91. The van der Waals surface area contributed by atoms with Crippen LogP contribution in [0.2, 0.25) is 5.02 Å². The van der Waals surface area contributed by atoms with Crippen LogP contribution in [0.15, 0.2) is 18.2 Å². The summed E-state index contributed by atoms with van der Waals surface area (Å²) in [5.41, 5.74) is 6.57. The van der Waals surface area contributed by atoms with Crippen LogP contribution >= 0.6 is 11.6 Å². The van der Waals surface area contributed by atoms with Crippen LogP contribution in [0.4, 0.5) is 5.69 Å². The van der Waals surface area contributed by atoms with E-state index < -0.39 is 5.91 Å². The van der Waals surface area contributed by atoms with Gasteiger partial charge in [0.05, 0.1) is 10.6 Å². The van der Waals surface area contributed by atoms with Crippen LogP contribution in [0.25, 0.3) is 0 Å². The van der Waals surface area contributed by atoms with Crippen molar-refractivity contribution in [1.29, 1.82) is 0 Å². The van der Waals surface area contributed by atoms with Crippen molar-refractivity contribution in [3.63, 3.8) is 0 Å². The second-order valence-electron chi connectivity index (χ2n) is 5.25. The largest absolute Gasteiger partial charge is 0.382 e. The van der Waals surface area contributed by atoms with Crippen LogP contribution in [-0.4, -0.2) is 36.5 Å². The molecule has 1 aliphatic rings. The molecule has 1 aromatic carbocycles. The van der Waals surface area contributed by atoms with E-state index in [1.165, 1.54) is 0 Å². The van der Waals surface area contributed by atoms with Gasteiger partial charge in [0.2, 0.25) is 5.91 Å². The Bertz CT molecular complexity index is 478. The van der Waals surface area contributed by atoms with E-state index in [0.717, 1.165) is 25.1 Å².